The minimum absolute atomic E-state index is 0.0140. The highest BCUT2D eigenvalue weighted by molar-refractivity contribution is 5.99. The molecule has 5 nitrogen and oxygen atoms in total. The molecule has 0 saturated heterocycles. The summed E-state index contributed by atoms with van der Waals surface area (Å²) in [6.07, 6.45) is 2.47. The number of phenolic OH excluding ortho intramolecular Hbond substituents is 2. The summed E-state index contributed by atoms with van der Waals surface area (Å²) in [4.78, 5) is 11.9. The zero-order chi connectivity index (χ0) is 13.1. The molecule has 0 unspecified atom stereocenters. The molecule has 0 atom stereocenters. The Hall–Kier alpha value is -1.75. The van der Waals surface area contributed by atoms with Gasteiger partial charge in [-0.25, -0.2) is 0 Å². The first-order valence-electron chi connectivity index (χ1n) is 6.08. The van der Waals surface area contributed by atoms with Gasteiger partial charge in [-0.1, -0.05) is 6.07 Å². The Morgan fingerprint density at radius 1 is 1.11 bits per heavy atom. The second-order valence-electron chi connectivity index (χ2n) is 4.65. The lowest BCUT2D eigenvalue weighted by Gasteiger charge is -2.26. The Morgan fingerprint density at radius 3 is 2.22 bits per heavy atom. The Morgan fingerprint density at radius 2 is 1.67 bits per heavy atom. The average Bonchev–Trinajstić information content (AvgIpc) is 2.32. The number of carbonyl (C=O) groups is 1. The molecule has 0 bridgehead atoms. The van der Waals surface area contributed by atoms with Crippen molar-refractivity contribution in [1.29, 1.82) is 0 Å². The molecule has 1 fully saturated rings. The second kappa shape index (κ2) is 5.27. The summed E-state index contributed by atoms with van der Waals surface area (Å²) in [6.45, 7) is 0. The number of aliphatic hydroxyl groups is 1. The lowest BCUT2D eigenvalue weighted by molar-refractivity contribution is 0.0862. The zero-order valence-electron chi connectivity index (χ0n) is 9.97. The first kappa shape index (κ1) is 12.7. The number of nitrogens with one attached hydrogen (secondary N) is 1. The Bertz CT molecular complexity index is 418. The molecule has 1 aliphatic rings. The molecule has 18 heavy (non-hydrogen) atoms. The van der Waals surface area contributed by atoms with Crippen LogP contribution in [0.25, 0.3) is 0 Å². The van der Waals surface area contributed by atoms with Crippen LogP contribution < -0.4 is 5.32 Å². The van der Waals surface area contributed by atoms with E-state index >= 15 is 0 Å². The Balaban J connectivity index is 2.04. The highest BCUT2D eigenvalue weighted by Gasteiger charge is 2.23. The van der Waals surface area contributed by atoms with Gasteiger partial charge in [-0.15, -0.1) is 0 Å². The van der Waals surface area contributed by atoms with Crippen LogP contribution in [0.15, 0.2) is 18.2 Å². The predicted octanol–water partition coefficient (Wildman–Crippen LogP) is 1.13. The van der Waals surface area contributed by atoms with E-state index in [0.717, 1.165) is 0 Å². The Labute approximate surface area is 105 Å². The van der Waals surface area contributed by atoms with Crippen molar-refractivity contribution in [2.75, 3.05) is 0 Å². The molecule has 98 valence electrons. The third-order valence-electron chi connectivity index (χ3n) is 3.28. The first-order valence-corrected chi connectivity index (χ1v) is 6.08. The van der Waals surface area contributed by atoms with Crippen LogP contribution in [-0.2, 0) is 0 Å². The van der Waals surface area contributed by atoms with E-state index in [1.54, 1.807) is 0 Å². The van der Waals surface area contributed by atoms with Crippen LogP contribution in [0.2, 0.25) is 0 Å². The fourth-order valence-electron chi connectivity index (χ4n) is 2.24. The van der Waals surface area contributed by atoms with Crippen LogP contribution in [0.4, 0.5) is 0 Å². The van der Waals surface area contributed by atoms with Crippen LogP contribution >= 0.6 is 0 Å². The lowest BCUT2D eigenvalue weighted by atomic mass is 9.93. The van der Waals surface area contributed by atoms with Crippen molar-refractivity contribution in [1.82, 2.24) is 5.32 Å². The van der Waals surface area contributed by atoms with Gasteiger partial charge in [0.15, 0.2) is 0 Å². The number of hydrogen-bond acceptors (Lipinski definition) is 4. The number of carbonyl (C=O) groups excluding carboxylic acids is 1. The molecular weight excluding hydrogens is 234 g/mol. The highest BCUT2D eigenvalue weighted by Crippen LogP contribution is 2.27. The third kappa shape index (κ3) is 2.73. The number of benzene rings is 1. The summed E-state index contributed by atoms with van der Waals surface area (Å²) in [6, 6.07) is 4.18. The zero-order valence-corrected chi connectivity index (χ0v) is 9.97. The fraction of sp³-hybridized carbons (Fsp3) is 0.462. The first-order chi connectivity index (χ1) is 8.58. The summed E-state index contributed by atoms with van der Waals surface area (Å²) in [5.74, 6) is -0.946. The average molecular weight is 251 g/mol. The topological polar surface area (TPSA) is 89.8 Å². The van der Waals surface area contributed by atoms with Gasteiger partial charge in [-0.2, -0.15) is 0 Å². The maximum atomic E-state index is 11.9. The van der Waals surface area contributed by atoms with E-state index in [-0.39, 0.29) is 29.2 Å². The van der Waals surface area contributed by atoms with Crippen LogP contribution in [0.1, 0.15) is 36.0 Å². The second-order valence-corrected chi connectivity index (χ2v) is 4.65. The molecule has 1 aliphatic carbocycles. The summed E-state index contributed by atoms with van der Waals surface area (Å²) in [5.41, 5.74) is -0.0939. The SMILES string of the molecule is O=C(NC1CCC(O)CC1)c1c(O)cccc1O. The predicted molar refractivity (Wildman–Crippen MR) is 65.5 cm³/mol. The maximum absolute atomic E-state index is 11.9. The van der Waals surface area contributed by atoms with Gasteiger partial charge in [-0.3, -0.25) is 4.79 Å². The normalized spacial score (nSPS) is 23.6. The van der Waals surface area contributed by atoms with Crippen molar-refractivity contribution in [2.45, 2.75) is 37.8 Å². The van der Waals surface area contributed by atoms with E-state index in [1.165, 1.54) is 18.2 Å². The number of aliphatic hydroxyl groups excluding tert-OH is 1. The molecule has 4 N–H and O–H groups in total. The van der Waals surface area contributed by atoms with Crippen LogP contribution in [0.5, 0.6) is 11.5 Å². The van der Waals surface area contributed by atoms with Crippen molar-refractivity contribution in [3.05, 3.63) is 23.8 Å². The van der Waals surface area contributed by atoms with Gasteiger partial charge in [0.2, 0.25) is 0 Å². The molecule has 2 rings (SSSR count). The largest absolute Gasteiger partial charge is 0.507 e. The smallest absolute Gasteiger partial charge is 0.259 e. The number of phenols is 2. The molecule has 0 aliphatic heterocycles. The van der Waals surface area contributed by atoms with Crippen molar-refractivity contribution in [3.63, 3.8) is 0 Å². The minimum Gasteiger partial charge on any atom is -0.507 e. The van der Waals surface area contributed by atoms with Crippen molar-refractivity contribution < 1.29 is 20.1 Å². The molecule has 0 radical (unpaired) electrons. The lowest BCUT2D eigenvalue weighted by Crippen LogP contribution is -2.38. The molecule has 1 saturated carbocycles. The summed E-state index contributed by atoms with van der Waals surface area (Å²) in [5, 5.41) is 31.3. The van der Waals surface area contributed by atoms with Crippen molar-refractivity contribution >= 4 is 5.91 Å². The van der Waals surface area contributed by atoms with Gasteiger partial charge in [0.25, 0.3) is 5.91 Å². The number of amides is 1. The van der Waals surface area contributed by atoms with Crippen molar-refractivity contribution in [3.8, 4) is 11.5 Å². The van der Waals surface area contributed by atoms with Gasteiger partial charge < -0.3 is 20.6 Å². The summed E-state index contributed by atoms with van der Waals surface area (Å²) >= 11 is 0. The van der Waals surface area contributed by atoms with Crippen LogP contribution in [-0.4, -0.2) is 33.4 Å². The monoisotopic (exact) mass is 251 g/mol. The number of hydrogen-bond donors (Lipinski definition) is 4. The van der Waals surface area contributed by atoms with Crippen molar-refractivity contribution in [2.24, 2.45) is 0 Å². The van der Waals surface area contributed by atoms with Gasteiger partial charge in [-0.05, 0) is 37.8 Å². The highest BCUT2D eigenvalue weighted by atomic mass is 16.3. The van der Waals surface area contributed by atoms with Gasteiger partial charge >= 0.3 is 0 Å². The van der Waals surface area contributed by atoms with E-state index in [0.29, 0.717) is 25.7 Å². The van der Waals surface area contributed by atoms with E-state index in [2.05, 4.69) is 5.32 Å². The molecule has 5 heteroatoms. The van der Waals surface area contributed by atoms with E-state index in [9.17, 15) is 20.1 Å². The standard InChI is InChI=1S/C13H17NO4/c15-9-6-4-8(5-7-9)14-13(18)12-10(16)2-1-3-11(12)17/h1-3,8-9,15-17H,4-7H2,(H,14,18). The minimum atomic E-state index is -0.480. The molecule has 1 aromatic rings. The fourth-order valence-corrected chi connectivity index (χ4v) is 2.24. The molecular formula is C13H17NO4. The van der Waals surface area contributed by atoms with Gasteiger partial charge in [0, 0.05) is 6.04 Å². The summed E-state index contributed by atoms with van der Waals surface area (Å²) < 4.78 is 0. The van der Waals surface area contributed by atoms with Crippen LogP contribution in [0, 0.1) is 0 Å². The Kier molecular flexibility index (Phi) is 3.72. The molecule has 1 aromatic carbocycles. The van der Waals surface area contributed by atoms with E-state index in [1.807, 2.05) is 0 Å². The summed E-state index contributed by atoms with van der Waals surface area (Å²) in [7, 11) is 0. The third-order valence-corrected chi connectivity index (χ3v) is 3.28. The van der Waals surface area contributed by atoms with Gasteiger partial charge in [0.05, 0.1) is 6.10 Å². The molecule has 1 amide bonds. The number of aromatic hydroxyl groups is 2. The molecule has 0 aromatic heterocycles. The molecule has 0 spiro atoms. The maximum Gasteiger partial charge on any atom is 0.259 e. The van der Waals surface area contributed by atoms with Crippen LogP contribution in [0.3, 0.4) is 0 Å². The van der Waals surface area contributed by atoms with E-state index in [4.69, 9.17) is 0 Å². The number of rotatable bonds is 2. The molecule has 0 heterocycles. The van der Waals surface area contributed by atoms with E-state index < -0.39 is 5.91 Å². The quantitative estimate of drug-likeness (QED) is 0.634. The van der Waals surface area contributed by atoms with Gasteiger partial charge in [0.1, 0.15) is 17.1 Å².